The molecule has 0 radical (unpaired) electrons. The summed E-state index contributed by atoms with van der Waals surface area (Å²) < 4.78 is 45.2. The smallest absolute Gasteiger partial charge is 0.419 e. The Morgan fingerprint density at radius 1 is 1.14 bits per heavy atom. The molecule has 0 bridgehead atoms. The lowest BCUT2D eigenvalue weighted by Gasteiger charge is -2.33. The summed E-state index contributed by atoms with van der Waals surface area (Å²) in [5.41, 5.74) is 4.09. The largest absolute Gasteiger partial charge is 0.490 e. The fourth-order valence-electron chi connectivity index (χ4n) is 3.58. The third-order valence-corrected chi connectivity index (χ3v) is 5.42. The molecule has 0 aliphatic carbocycles. The topological polar surface area (TPSA) is 148 Å². The van der Waals surface area contributed by atoms with E-state index in [1.807, 2.05) is 4.90 Å². The van der Waals surface area contributed by atoms with Gasteiger partial charge >= 0.3 is 12.1 Å². The van der Waals surface area contributed by atoms with Crippen LogP contribution in [-0.4, -0.2) is 58.3 Å². The number of primary amides is 1. The van der Waals surface area contributed by atoms with Crippen LogP contribution in [0.5, 0.6) is 5.75 Å². The Bertz CT molecular complexity index is 1060. The number of aromatic nitrogens is 2. The molecule has 1 atom stereocenters. The number of nitrogens with one attached hydrogen (secondary N) is 1. The number of hydrogen-bond donors (Lipinski definition) is 3. The SMILES string of the molecule is NC(=O)CCC(NC(=O)c1ccc(N2CCC(Oc3ccccc3C(F)(F)F)CC2)nn1)C(=O)O. The molecule has 4 N–H and O–H groups in total. The summed E-state index contributed by atoms with van der Waals surface area (Å²) in [6.45, 7) is 0.903. The summed E-state index contributed by atoms with van der Waals surface area (Å²) in [4.78, 5) is 36.3. The number of halogens is 3. The van der Waals surface area contributed by atoms with E-state index < -0.39 is 41.7 Å². The van der Waals surface area contributed by atoms with Gasteiger partial charge in [-0.2, -0.15) is 13.2 Å². The Morgan fingerprint density at radius 3 is 2.40 bits per heavy atom. The number of ether oxygens (including phenoxy) is 1. The van der Waals surface area contributed by atoms with E-state index >= 15 is 0 Å². The number of piperidine rings is 1. The van der Waals surface area contributed by atoms with E-state index in [4.69, 9.17) is 10.5 Å². The lowest BCUT2D eigenvalue weighted by molar-refractivity contribution is -0.140. The van der Waals surface area contributed by atoms with Gasteiger partial charge in [0.1, 0.15) is 17.9 Å². The molecule has 2 heterocycles. The van der Waals surface area contributed by atoms with Crippen molar-refractivity contribution in [1.82, 2.24) is 15.5 Å². The van der Waals surface area contributed by atoms with Gasteiger partial charge in [-0.3, -0.25) is 9.59 Å². The Hall–Kier alpha value is -3.90. The first-order valence-corrected chi connectivity index (χ1v) is 10.8. The van der Waals surface area contributed by atoms with Crippen molar-refractivity contribution in [3.05, 3.63) is 47.7 Å². The fraction of sp³-hybridized carbons (Fsp3) is 0.409. The van der Waals surface area contributed by atoms with E-state index in [2.05, 4.69) is 15.5 Å². The quantitative estimate of drug-likeness (QED) is 0.479. The lowest BCUT2D eigenvalue weighted by Crippen LogP contribution is -2.42. The van der Waals surface area contributed by atoms with Crippen LogP contribution >= 0.6 is 0 Å². The number of carbonyl (C=O) groups excluding carboxylic acids is 2. The van der Waals surface area contributed by atoms with E-state index in [-0.39, 0.29) is 24.3 Å². The number of benzene rings is 1. The summed E-state index contributed by atoms with van der Waals surface area (Å²) in [6, 6.07) is 6.70. The van der Waals surface area contributed by atoms with Crippen molar-refractivity contribution >= 4 is 23.6 Å². The number of carboxylic acids is 1. The molecule has 10 nitrogen and oxygen atoms in total. The van der Waals surface area contributed by atoms with Crippen LogP contribution in [0.25, 0.3) is 0 Å². The van der Waals surface area contributed by atoms with E-state index in [1.54, 1.807) is 6.07 Å². The first-order valence-electron chi connectivity index (χ1n) is 10.8. The number of amides is 2. The van der Waals surface area contributed by atoms with Crippen molar-refractivity contribution in [2.45, 2.75) is 44.0 Å². The van der Waals surface area contributed by atoms with Gasteiger partial charge in [-0.15, -0.1) is 10.2 Å². The summed E-state index contributed by atoms with van der Waals surface area (Å²) in [5.74, 6) is -2.51. The van der Waals surface area contributed by atoms with Crippen LogP contribution in [0.3, 0.4) is 0 Å². The number of carbonyl (C=O) groups is 3. The molecular formula is C22H24F3N5O5. The van der Waals surface area contributed by atoms with Crippen molar-refractivity contribution in [2.24, 2.45) is 5.73 Å². The molecule has 1 aromatic heterocycles. The average molecular weight is 495 g/mol. The molecule has 3 rings (SSSR count). The molecule has 35 heavy (non-hydrogen) atoms. The van der Waals surface area contributed by atoms with Gasteiger partial charge in [-0.1, -0.05) is 12.1 Å². The molecule has 0 saturated carbocycles. The first kappa shape index (κ1) is 25.7. The van der Waals surface area contributed by atoms with Crippen molar-refractivity contribution in [2.75, 3.05) is 18.0 Å². The number of hydrogen-bond acceptors (Lipinski definition) is 7. The van der Waals surface area contributed by atoms with Crippen LogP contribution in [0.2, 0.25) is 0 Å². The number of alkyl halides is 3. The van der Waals surface area contributed by atoms with Gasteiger partial charge in [0.05, 0.1) is 5.56 Å². The molecule has 2 amide bonds. The zero-order valence-electron chi connectivity index (χ0n) is 18.5. The summed E-state index contributed by atoms with van der Waals surface area (Å²) in [7, 11) is 0. The van der Waals surface area contributed by atoms with E-state index in [0.717, 1.165) is 6.07 Å². The van der Waals surface area contributed by atoms with Crippen LogP contribution in [0.4, 0.5) is 19.0 Å². The van der Waals surface area contributed by atoms with Gasteiger partial charge in [-0.05, 0) is 30.7 Å². The second kappa shape index (κ2) is 11.0. The number of aliphatic carboxylic acids is 1. The van der Waals surface area contributed by atoms with Gasteiger partial charge in [-0.25, -0.2) is 4.79 Å². The molecule has 13 heteroatoms. The van der Waals surface area contributed by atoms with Crippen molar-refractivity contribution < 1.29 is 37.4 Å². The maximum absolute atomic E-state index is 13.2. The minimum absolute atomic E-state index is 0.110. The van der Waals surface area contributed by atoms with E-state index in [9.17, 15) is 32.7 Å². The fourth-order valence-corrected chi connectivity index (χ4v) is 3.58. The summed E-state index contributed by atoms with van der Waals surface area (Å²) in [5, 5.41) is 19.3. The molecule has 1 aromatic carbocycles. The molecule has 188 valence electrons. The van der Waals surface area contributed by atoms with Crippen LogP contribution in [0.1, 0.15) is 41.7 Å². The zero-order valence-corrected chi connectivity index (χ0v) is 18.5. The minimum Gasteiger partial charge on any atom is -0.490 e. The minimum atomic E-state index is -4.51. The number of nitrogens with zero attached hydrogens (tertiary/aromatic N) is 3. The molecule has 1 fully saturated rings. The highest BCUT2D eigenvalue weighted by Gasteiger charge is 2.35. The highest BCUT2D eigenvalue weighted by molar-refractivity contribution is 5.95. The monoisotopic (exact) mass is 495 g/mol. The Balaban J connectivity index is 1.55. The third kappa shape index (κ3) is 7.04. The molecule has 0 spiro atoms. The number of rotatable bonds is 9. The molecule has 1 unspecified atom stereocenters. The van der Waals surface area contributed by atoms with Crippen LogP contribution in [0, 0.1) is 0 Å². The summed E-state index contributed by atoms with van der Waals surface area (Å²) in [6.07, 6.45) is -4.36. The maximum Gasteiger partial charge on any atom is 0.419 e. The van der Waals surface area contributed by atoms with Crippen LogP contribution < -0.4 is 20.7 Å². The predicted octanol–water partition coefficient (Wildman–Crippen LogP) is 1.99. The van der Waals surface area contributed by atoms with Gasteiger partial charge in [0.25, 0.3) is 5.91 Å². The molecule has 1 aliphatic heterocycles. The number of carboxylic acid groups (broad SMARTS) is 1. The van der Waals surface area contributed by atoms with Crippen LogP contribution in [-0.2, 0) is 15.8 Å². The van der Waals surface area contributed by atoms with E-state index in [1.165, 1.54) is 24.3 Å². The Kier molecular flexibility index (Phi) is 8.10. The number of nitrogens with two attached hydrogens (primary N) is 1. The summed E-state index contributed by atoms with van der Waals surface area (Å²) >= 11 is 0. The van der Waals surface area contributed by atoms with Gasteiger partial charge in [0, 0.05) is 32.4 Å². The molecule has 2 aromatic rings. The Morgan fingerprint density at radius 2 is 1.83 bits per heavy atom. The highest BCUT2D eigenvalue weighted by atomic mass is 19.4. The van der Waals surface area contributed by atoms with Crippen LogP contribution in [0.15, 0.2) is 36.4 Å². The third-order valence-electron chi connectivity index (χ3n) is 5.42. The normalized spacial score (nSPS) is 15.3. The number of anilines is 1. The Labute approximate surface area is 198 Å². The standard InChI is InChI=1S/C22H24F3N5O5/c23-22(24,25)14-3-1-2-4-17(14)35-13-9-11-30(12-10-13)19-8-6-15(28-29-19)20(32)27-16(21(33)34)5-7-18(26)31/h1-4,6,8,13,16H,5,7,9-12H2,(H2,26,31)(H,27,32)(H,33,34). The average Bonchev–Trinajstić information content (AvgIpc) is 2.81. The van der Waals surface area contributed by atoms with Gasteiger partial charge in [0.2, 0.25) is 5.91 Å². The first-order chi connectivity index (χ1) is 16.5. The van der Waals surface area contributed by atoms with E-state index in [0.29, 0.717) is 31.7 Å². The predicted molar refractivity (Wildman–Crippen MR) is 117 cm³/mol. The van der Waals surface area contributed by atoms with Gasteiger partial charge in [0.15, 0.2) is 11.5 Å². The highest BCUT2D eigenvalue weighted by Crippen LogP contribution is 2.37. The van der Waals surface area contributed by atoms with Gasteiger partial charge < -0.3 is 25.8 Å². The maximum atomic E-state index is 13.2. The van der Waals surface area contributed by atoms with Crippen molar-refractivity contribution in [3.8, 4) is 5.75 Å². The molecule has 1 aliphatic rings. The molecule has 1 saturated heterocycles. The lowest BCUT2D eigenvalue weighted by atomic mass is 10.1. The van der Waals surface area contributed by atoms with Crippen molar-refractivity contribution in [3.63, 3.8) is 0 Å². The molecular weight excluding hydrogens is 471 g/mol. The zero-order chi connectivity index (χ0) is 25.6. The van der Waals surface area contributed by atoms with Crippen molar-refractivity contribution in [1.29, 1.82) is 0 Å². The second-order valence-electron chi connectivity index (χ2n) is 7.94. The number of para-hydroxylation sites is 1. The second-order valence-corrected chi connectivity index (χ2v) is 7.94.